The standard InChI is InChI=1S/C19H17Cl2N3O4S/c1-12(15-8-7-14(20)9-16(15)21)22-17(25)10-29(26,27)11-18-23-19(24-28-18)13-5-3-2-4-6-13/h2-9,12H,10-11H2,1H3,(H,22,25)/t12-/m0/s1. The van der Waals surface area contributed by atoms with Crippen LogP contribution >= 0.6 is 23.2 Å². The van der Waals surface area contributed by atoms with Gasteiger partial charge in [0, 0.05) is 15.6 Å². The van der Waals surface area contributed by atoms with E-state index in [-0.39, 0.29) is 11.7 Å². The summed E-state index contributed by atoms with van der Waals surface area (Å²) in [6, 6.07) is 13.4. The average Bonchev–Trinajstić information content (AvgIpc) is 3.09. The number of rotatable bonds is 7. The van der Waals surface area contributed by atoms with Crippen molar-refractivity contribution in [3.8, 4) is 11.4 Å². The van der Waals surface area contributed by atoms with Gasteiger partial charge in [0.2, 0.25) is 17.6 Å². The highest BCUT2D eigenvalue weighted by Gasteiger charge is 2.23. The number of aromatic nitrogens is 2. The highest BCUT2D eigenvalue weighted by Crippen LogP contribution is 2.26. The molecule has 1 aromatic heterocycles. The second-order valence-electron chi connectivity index (χ2n) is 6.37. The van der Waals surface area contributed by atoms with Crippen molar-refractivity contribution in [2.45, 2.75) is 18.7 Å². The van der Waals surface area contributed by atoms with Crippen LogP contribution in [-0.4, -0.2) is 30.2 Å². The number of sulfone groups is 1. The molecule has 0 saturated heterocycles. The first-order chi connectivity index (χ1) is 13.7. The lowest BCUT2D eigenvalue weighted by molar-refractivity contribution is -0.119. The molecule has 0 aliphatic carbocycles. The predicted molar refractivity (Wildman–Crippen MR) is 110 cm³/mol. The highest BCUT2D eigenvalue weighted by molar-refractivity contribution is 7.91. The summed E-state index contributed by atoms with van der Waals surface area (Å²) in [5.41, 5.74) is 1.33. The van der Waals surface area contributed by atoms with Gasteiger partial charge in [0.1, 0.15) is 11.5 Å². The minimum absolute atomic E-state index is 0.0783. The average molecular weight is 454 g/mol. The smallest absolute Gasteiger partial charge is 0.242 e. The Morgan fingerprint density at radius 2 is 1.90 bits per heavy atom. The van der Waals surface area contributed by atoms with Crippen LogP contribution in [0.15, 0.2) is 53.1 Å². The summed E-state index contributed by atoms with van der Waals surface area (Å²) in [6.07, 6.45) is 0. The van der Waals surface area contributed by atoms with Crippen molar-refractivity contribution in [1.29, 1.82) is 0 Å². The van der Waals surface area contributed by atoms with E-state index in [1.165, 1.54) is 0 Å². The van der Waals surface area contributed by atoms with Crippen molar-refractivity contribution in [2.24, 2.45) is 0 Å². The quantitative estimate of drug-likeness (QED) is 0.582. The number of benzene rings is 2. The van der Waals surface area contributed by atoms with E-state index in [0.29, 0.717) is 21.2 Å². The van der Waals surface area contributed by atoms with Crippen LogP contribution in [-0.2, 0) is 20.4 Å². The molecule has 0 saturated carbocycles. The lowest BCUT2D eigenvalue weighted by Gasteiger charge is -2.16. The largest absolute Gasteiger partial charge is 0.349 e. The van der Waals surface area contributed by atoms with E-state index in [1.54, 1.807) is 49.4 Å². The number of nitrogens with zero attached hydrogens (tertiary/aromatic N) is 2. The molecule has 0 radical (unpaired) electrons. The molecule has 29 heavy (non-hydrogen) atoms. The number of nitrogens with one attached hydrogen (secondary N) is 1. The van der Waals surface area contributed by atoms with E-state index in [1.807, 2.05) is 6.07 Å². The van der Waals surface area contributed by atoms with Crippen molar-refractivity contribution in [2.75, 3.05) is 5.75 Å². The topological polar surface area (TPSA) is 102 Å². The number of carbonyl (C=O) groups is 1. The molecule has 0 aliphatic heterocycles. The van der Waals surface area contributed by atoms with E-state index in [0.717, 1.165) is 0 Å². The fraction of sp³-hybridized carbons (Fsp3) is 0.211. The monoisotopic (exact) mass is 453 g/mol. The number of amides is 1. The molecule has 10 heteroatoms. The Hall–Kier alpha value is -2.42. The van der Waals surface area contributed by atoms with Gasteiger partial charge in [-0.1, -0.05) is 64.8 Å². The summed E-state index contributed by atoms with van der Waals surface area (Å²) in [4.78, 5) is 16.3. The van der Waals surface area contributed by atoms with Crippen LogP contribution in [0.5, 0.6) is 0 Å². The molecule has 0 aliphatic rings. The van der Waals surface area contributed by atoms with Gasteiger partial charge >= 0.3 is 0 Å². The zero-order chi connectivity index (χ0) is 21.0. The maximum absolute atomic E-state index is 12.4. The van der Waals surface area contributed by atoms with Gasteiger partial charge in [0.15, 0.2) is 9.84 Å². The van der Waals surface area contributed by atoms with Crippen molar-refractivity contribution < 1.29 is 17.7 Å². The summed E-state index contributed by atoms with van der Waals surface area (Å²) in [5.74, 6) is -1.70. The maximum atomic E-state index is 12.4. The van der Waals surface area contributed by atoms with Crippen LogP contribution in [0.3, 0.4) is 0 Å². The molecule has 0 unspecified atom stereocenters. The molecule has 7 nitrogen and oxygen atoms in total. The van der Waals surface area contributed by atoms with Crippen LogP contribution in [0, 0.1) is 0 Å². The van der Waals surface area contributed by atoms with Crippen LogP contribution in [0.4, 0.5) is 0 Å². The minimum Gasteiger partial charge on any atom is -0.349 e. The van der Waals surface area contributed by atoms with Gasteiger partial charge in [-0.3, -0.25) is 4.79 Å². The van der Waals surface area contributed by atoms with Crippen molar-refractivity contribution in [3.63, 3.8) is 0 Å². The normalized spacial score (nSPS) is 12.5. The van der Waals surface area contributed by atoms with E-state index >= 15 is 0 Å². The Kier molecular flexibility index (Phi) is 6.56. The lowest BCUT2D eigenvalue weighted by atomic mass is 10.1. The van der Waals surface area contributed by atoms with Gasteiger partial charge in [-0.25, -0.2) is 8.42 Å². The van der Waals surface area contributed by atoms with Crippen molar-refractivity contribution >= 4 is 38.9 Å². The van der Waals surface area contributed by atoms with Crippen molar-refractivity contribution in [1.82, 2.24) is 15.5 Å². The van der Waals surface area contributed by atoms with Gasteiger partial charge in [0.25, 0.3) is 0 Å². The van der Waals surface area contributed by atoms with Gasteiger partial charge in [0.05, 0.1) is 6.04 Å². The summed E-state index contributed by atoms with van der Waals surface area (Å²) >= 11 is 12.0. The summed E-state index contributed by atoms with van der Waals surface area (Å²) in [5, 5.41) is 7.24. The highest BCUT2D eigenvalue weighted by atomic mass is 35.5. The molecular formula is C19H17Cl2N3O4S. The third-order valence-corrected chi connectivity index (χ3v) is 5.95. The van der Waals surface area contributed by atoms with Crippen LogP contribution < -0.4 is 5.32 Å². The fourth-order valence-electron chi connectivity index (χ4n) is 2.67. The van der Waals surface area contributed by atoms with E-state index < -0.39 is 33.3 Å². The van der Waals surface area contributed by atoms with Crippen molar-refractivity contribution in [3.05, 3.63) is 70.0 Å². The molecule has 1 N–H and O–H groups in total. The van der Waals surface area contributed by atoms with E-state index in [4.69, 9.17) is 27.7 Å². The van der Waals surface area contributed by atoms with Gasteiger partial charge < -0.3 is 9.84 Å². The summed E-state index contributed by atoms with van der Waals surface area (Å²) in [7, 11) is -3.81. The van der Waals surface area contributed by atoms with Crippen LogP contribution in [0.1, 0.15) is 24.4 Å². The predicted octanol–water partition coefficient (Wildman–Crippen LogP) is 3.84. The molecular weight excluding hydrogens is 437 g/mol. The molecule has 3 rings (SSSR count). The van der Waals surface area contributed by atoms with Crippen LogP contribution in [0.2, 0.25) is 10.0 Å². The SMILES string of the molecule is C[C@H](NC(=O)CS(=O)(=O)Cc1nc(-c2ccccc2)no1)c1ccc(Cl)cc1Cl. The summed E-state index contributed by atoms with van der Waals surface area (Å²) < 4.78 is 29.7. The second-order valence-corrected chi connectivity index (χ2v) is 9.27. The Labute approximate surface area is 177 Å². The zero-order valence-corrected chi connectivity index (χ0v) is 17.6. The third kappa shape index (κ3) is 5.79. The zero-order valence-electron chi connectivity index (χ0n) is 15.3. The second kappa shape index (κ2) is 8.94. The molecule has 1 atom stereocenters. The van der Waals surface area contributed by atoms with Crippen LogP contribution in [0.25, 0.3) is 11.4 Å². The van der Waals surface area contributed by atoms with E-state index in [9.17, 15) is 13.2 Å². The molecule has 152 valence electrons. The molecule has 2 aromatic carbocycles. The van der Waals surface area contributed by atoms with Gasteiger partial charge in [-0.05, 0) is 24.6 Å². The Morgan fingerprint density at radius 3 is 2.59 bits per heavy atom. The maximum Gasteiger partial charge on any atom is 0.242 e. The Morgan fingerprint density at radius 1 is 1.17 bits per heavy atom. The molecule has 0 bridgehead atoms. The Bertz CT molecular complexity index is 1120. The first-order valence-electron chi connectivity index (χ1n) is 8.56. The molecule has 0 spiro atoms. The first-order valence-corrected chi connectivity index (χ1v) is 11.1. The summed E-state index contributed by atoms with van der Waals surface area (Å²) in [6.45, 7) is 1.70. The first kappa shape index (κ1) is 21.3. The molecule has 3 aromatic rings. The number of hydrogen-bond acceptors (Lipinski definition) is 6. The van der Waals surface area contributed by atoms with Gasteiger partial charge in [-0.15, -0.1) is 0 Å². The minimum atomic E-state index is -3.81. The molecule has 1 amide bonds. The molecule has 0 fully saturated rings. The fourth-order valence-corrected chi connectivity index (χ4v) is 4.32. The lowest BCUT2D eigenvalue weighted by Crippen LogP contribution is -2.33. The third-order valence-electron chi connectivity index (χ3n) is 4.00. The number of halogens is 2. The number of hydrogen-bond donors (Lipinski definition) is 1. The Balaban J connectivity index is 1.62. The van der Waals surface area contributed by atoms with E-state index in [2.05, 4.69) is 15.5 Å². The number of carbonyl (C=O) groups excluding carboxylic acids is 1. The molecule has 1 heterocycles. The van der Waals surface area contributed by atoms with Gasteiger partial charge in [-0.2, -0.15) is 4.98 Å².